The molecule has 154 valence electrons. The normalized spacial score (nSPS) is 16.3. The van der Waals surface area contributed by atoms with Gasteiger partial charge in [0.1, 0.15) is 0 Å². The van der Waals surface area contributed by atoms with Gasteiger partial charge in [-0.15, -0.1) is 0 Å². The van der Waals surface area contributed by atoms with Gasteiger partial charge in [-0.25, -0.2) is 0 Å². The number of nitrogens with one attached hydrogen (secondary N) is 1. The highest BCUT2D eigenvalue weighted by molar-refractivity contribution is 6.05. The third kappa shape index (κ3) is 4.87. The Balaban J connectivity index is 1.56. The first-order chi connectivity index (χ1) is 13.7. The van der Waals surface area contributed by atoms with E-state index in [0.717, 1.165) is 23.3 Å². The highest BCUT2D eigenvalue weighted by Crippen LogP contribution is 2.27. The fourth-order valence-electron chi connectivity index (χ4n) is 3.82. The van der Waals surface area contributed by atoms with Gasteiger partial charge < -0.3 is 10.2 Å². The van der Waals surface area contributed by atoms with Crippen LogP contribution in [-0.4, -0.2) is 24.3 Å². The third-order valence-electron chi connectivity index (χ3n) is 5.65. The highest BCUT2D eigenvalue weighted by atomic mass is 16.6. The van der Waals surface area contributed by atoms with Crippen LogP contribution in [0.5, 0.6) is 0 Å². The molecule has 0 radical (unpaired) electrons. The second-order valence-corrected chi connectivity index (χ2v) is 9.03. The second-order valence-electron chi connectivity index (χ2n) is 9.03. The van der Waals surface area contributed by atoms with Crippen molar-refractivity contribution in [3.63, 3.8) is 0 Å². The van der Waals surface area contributed by atoms with Crippen molar-refractivity contribution < 1.29 is 9.63 Å². The lowest BCUT2D eigenvalue weighted by Crippen LogP contribution is -2.36. The largest absolute Gasteiger partial charge is 0.382 e. The molecule has 1 unspecified atom stereocenters. The van der Waals surface area contributed by atoms with Crippen LogP contribution >= 0.6 is 0 Å². The standard InChI is InChI=1S/C25H32N2O2/c1-16-9-7-8-10-21(16)22-15-23(29-27-22)24(28)26-12-11-20-17(2)13-19(14-18(20)3)25(4,5)6/h7-10,13-14,23H,11-12,15H2,1-6H3,(H,26,28). The van der Waals surface area contributed by atoms with Crippen molar-refractivity contribution in [2.45, 2.75) is 65.9 Å². The zero-order valence-corrected chi connectivity index (χ0v) is 18.4. The lowest BCUT2D eigenvalue weighted by molar-refractivity contribution is -0.131. The van der Waals surface area contributed by atoms with Gasteiger partial charge in [0.2, 0.25) is 6.10 Å². The Morgan fingerprint density at radius 2 is 1.76 bits per heavy atom. The number of amides is 1. The molecule has 4 heteroatoms. The van der Waals surface area contributed by atoms with Crippen LogP contribution in [0, 0.1) is 20.8 Å². The number of nitrogens with zero attached hydrogens (tertiary/aromatic N) is 1. The summed E-state index contributed by atoms with van der Waals surface area (Å²) in [5.74, 6) is -0.0982. The first kappa shape index (κ1) is 21.1. The average molecular weight is 393 g/mol. The SMILES string of the molecule is Cc1ccccc1C1=NOC(C(=O)NCCc2c(C)cc(C(C)(C)C)cc2C)C1. The topological polar surface area (TPSA) is 50.7 Å². The van der Waals surface area contributed by atoms with Gasteiger partial charge in [0.25, 0.3) is 5.91 Å². The third-order valence-corrected chi connectivity index (χ3v) is 5.65. The van der Waals surface area contributed by atoms with E-state index in [1.807, 2.05) is 31.2 Å². The van der Waals surface area contributed by atoms with E-state index < -0.39 is 6.10 Å². The number of benzene rings is 2. The first-order valence-electron chi connectivity index (χ1n) is 10.3. The van der Waals surface area contributed by atoms with E-state index >= 15 is 0 Å². The fraction of sp³-hybridized carbons (Fsp3) is 0.440. The summed E-state index contributed by atoms with van der Waals surface area (Å²) in [6, 6.07) is 12.6. The fourth-order valence-corrected chi connectivity index (χ4v) is 3.82. The Hall–Kier alpha value is -2.62. The predicted octanol–water partition coefficient (Wildman–Crippen LogP) is 4.76. The molecule has 1 amide bonds. The maximum atomic E-state index is 12.5. The van der Waals surface area contributed by atoms with Crippen LogP contribution < -0.4 is 5.32 Å². The lowest BCUT2D eigenvalue weighted by atomic mass is 9.83. The minimum atomic E-state index is -0.546. The van der Waals surface area contributed by atoms with Gasteiger partial charge >= 0.3 is 0 Å². The van der Waals surface area contributed by atoms with Gasteiger partial charge in [-0.3, -0.25) is 4.79 Å². The number of hydrogen-bond donors (Lipinski definition) is 1. The smallest absolute Gasteiger partial charge is 0.264 e. The van der Waals surface area contributed by atoms with Gasteiger partial charge in [0.05, 0.1) is 5.71 Å². The molecule has 0 fully saturated rings. The van der Waals surface area contributed by atoms with E-state index in [9.17, 15) is 4.79 Å². The van der Waals surface area contributed by atoms with Crippen molar-refractivity contribution in [3.8, 4) is 0 Å². The number of carbonyl (C=O) groups excluding carboxylic acids is 1. The minimum Gasteiger partial charge on any atom is -0.382 e. The predicted molar refractivity (Wildman–Crippen MR) is 119 cm³/mol. The Morgan fingerprint density at radius 3 is 2.38 bits per heavy atom. The monoisotopic (exact) mass is 392 g/mol. The van der Waals surface area contributed by atoms with Crippen LogP contribution in [0.2, 0.25) is 0 Å². The van der Waals surface area contributed by atoms with E-state index in [2.05, 4.69) is 57.2 Å². The Bertz CT molecular complexity index is 915. The van der Waals surface area contributed by atoms with Crippen molar-refractivity contribution in [2.24, 2.45) is 5.16 Å². The number of oxime groups is 1. The van der Waals surface area contributed by atoms with E-state index in [0.29, 0.717) is 13.0 Å². The van der Waals surface area contributed by atoms with Crippen LogP contribution in [0.3, 0.4) is 0 Å². The summed E-state index contributed by atoms with van der Waals surface area (Å²) in [5, 5.41) is 7.17. The number of rotatable bonds is 5. The van der Waals surface area contributed by atoms with Gasteiger partial charge in [0.15, 0.2) is 0 Å². The minimum absolute atomic E-state index is 0.0982. The first-order valence-corrected chi connectivity index (χ1v) is 10.3. The number of aryl methyl sites for hydroxylation is 3. The molecule has 3 rings (SSSR count). The molecule has 0 spiro atoms. The molecule has 1 heterocycles. The summed E-state index contributed by atoms with van der Waals surface area (Å²) in [6.45, 7) is 13.6. The summed E-state index contributed by atoms with van der Waals surface area (Å²) >= 11 is 0. The van der Waals surface area contributed by atoms with Crippen LogP contribution in [-0.2, 0) is 21.5 Å². The summed E-state index contributed by atoms with van der Waals surface area (Å²) in [7, 11) is 0. The number of hydrogen-bond acceptors (Lipinski definition) is 3. The molecule has 0 bridgehead atoms. The Kier molecular flexibility index (Phi) is 6.11. The molecule has 4 nitrogen and oxygen atoms in total. The van der Waals surface area contributed by atoms with Gasteiger partial charge in [0, 0.05) is 18.5 Å². The molecule has 1 aliphatic heterocycles. The summed E-state index contributed by atoms with van der Waals surface area (Å²) in [6.07, 6.45) is 0.774. The molecule has 2 aromatic carbocycles. The van der Waals surface area contributed by atoms with Crippen LogP contribution in [0.1, 0.15) is 60.6 Å². The highest BCUT2D eigenvalue weighted by Gasteiger charge is 2.29. The van der Waals surface area contributed by atoms with Crippen molar-refractivity contribution in [1.82, 2.24) is 5.32 Å². The van der Waals surface area contributed by atoms with E-state index in [1.165, 1.54) is 22.3 Å². The van der Waals surface area contributed by atoms with Gasteiger partial charge in [-0.2, -0.15) is 0 Å². The molecular weight excluding hydrogens is 360 g/mol. The van der Waals surface area contributed by atoms with Crippen LogP contribution in [0.4, 0.5) is 0 Å². The number of carbonyl (C=O) groups is 1. The van der Waals surface area contributed by atoms with Crippen LogP contribution in [0.25, 0.3) is 0 Å². The van der Waals surface area contributed by atoms with Gasteiger partial charge in [-0.1, -0.05) is 62.3 Å². The molecule has 0 saturated heterocycles. The summed E-state index contributed by atoms with van der Waals surface area (Å²) in [5.41, 5.74) is 8.39. The van der Waals surface area contributed by atoms with Crippen molar-refractivity contribution in [3.05, 3.63) is 69.8 Å². The molecule has 0 saturated carbocycles. The Labute approximate surface area is 174 Å². The maximum absolute atomic E-state index is 12.5. The van der Waals surface area contributed by atoms with Crippen molar-refractivity contribution in [1.29, 1.82) is 0 Å². The zero-order chi connectivity index (χ0) is 21.2. The Morgan fingerprint density at radius 1 is 1.10 bits per heavy atom. The van der Waals surface area contributed by atoms with Crippen molar-refractivity contribution >= 4 is 11.6 Å². The second kappa shape index (κ2) is 8.40. The zero-order valence-electron chi connectivity index (χ0n) is 18.4. The molecule has 29 heavy (non-hydrogen) atoms. The maximum Gasteiger partial charge on any atom is 0.264 e. The molecule has 2 aromatic rings. The van der Waals surface area contributed by atoms with Crippen molar-refractivity contribution in [2.75, 3.05) is 6.54 Å². The van der Waals surface area contributed by atoms with E-state index in [-0.39, 0.29) is 11.3 Å². The van der Waals surface area contributed by atoms with Gasteiger partial charge in [-0.05, 0) is 60.4 Å². The molecule has 0 aromatic heterocycles. The summed E-state index contributed by atoms with van der Waals surface area (Å²) in [4.78, 5) is 18.0. The molecule has 0 aliphatic carbocycles. The molecular formula is C25H32N2O2. The van der Waals surface area contributed by atoms with Crippen LogP contribution in [0.15, 0.2) is 41.6 Å². The lowest BCUT2D eigenvalue weighted by Gasteiger charge is -2.22. The van der Waals surface area contributed by atoms with E-state index in [1.54, 1.807) is 0 Å². The molecule has 1 aliphatic rings. The average Bonchev–Trinajstić information content (AvgIpc) is 3.13. The molecule has 1 atom stereocenters. The molecule has 1 N–H and O–H groups in total. The van der Waals surface area contributed by atoms with E-state index in [4.69, 9.17) is 4.84 Å². The quantitative estimate of drug-likeness (QED) is 0.797. The summed E-state index contributed by atoms with van der Waals surface area (Å²) < 4.78 is 0.